The van der Waals surface area contributed by atoms with Crippen molar-refractivity contribution in [2.24, 2.45) is 11.8 Å². The van der Waals surface area contributed by atoms with Gasteiger partial charge in [-0.3, -0.25) is 9.59 Å². The van der Waals surface area contributed by atoms with Gasteiger partial charge in [0.15, 0.2) is 0 Å². The van der Waals surface area contributed by atoms with Gasteiger partial charge in [0.25, 0.3) is 0 Å². The summed E-state index contributed by atoms with van der Waals surface area (Å²) in [6.07, 6.45) is -18.2. The highest BCUT2D eigenvalue weighted by Crippen LogP contribution is 2.57. The van der Waals surface area contributed by atoms with E-state index >= 15 is 0 Å². The Kier molecular flexibility index (Phi) is 6.96. The minimum Gasteiger partial charge on any atom is -0.748 e. The number of benzene rings is 2. The van der Waals surface area contributed by atoms with Crippen molar-refractivity contribution in [2.45, 2.75) is 65.8 Å². The number of ether oxygens (including phenoxy) is 3. The fourth-order valence-corrected chi connectivity index (χ4v) is 10.9. The molecule has 3 aliphatic heterocycles. The minimum absolute atomic E-state index is 0.214. The number of halogens is 6. The molecule has 11 nitrogen and oxygen atoms in total. The number of fused-ring (bicyclic) bond motifs is 2. The molecule has 3 heterocycles. The van der Waals surface area contributed by atoms with Crippen molar-refractivity contribution in [1.29, 1.82) is 0 Å². The van der Waals surface area contributed by atoms with Crippen LogP contribution in [0.25, 0.3) is 0 Å². The first-order chi connectivity index (χ1) is 21.8. The molecule has 0 amide bonds. The van der Waals surface area contributed by atoms with Gasteiger partial charge in [0.2, 0.25) is 10.0 Å². The highest BCUT2D eigenvalue weighted by atomic mass is 32.2. The number of esters is 2. The summed E-state index contributed by atoms with van der Waals surface area (Å²) in [5.74, 6) is -10.5. The van der Waals surface area contributed by atoms with E-state index in [1.807, 2.05) is 36.4 Å². The first kappa shape index (κ1) is 32.3. The molecule has 1 N–H and O–H groups in total. The number of carbonyl (C=O) groups excluding carboxylic acids is 2. The van der Waals surface area contributed by atoms with Crippen LogP contribution in [0, 0.1) is 11.8 Å². The summed E-state index contributed by atoms with van der Waals surface area (Å²) in [7, 11) is -11.0. The normalized spacial score (nSPS) is 33.3. The Labute approximate surface area is 262 Å². The van der Waals surface area contributed by atoms with Crippen molar-refractivity contribution in [3.05, 3.63) is 70.8 Å². The van der Waals surface area contributed by atoms with Gasteiger partial charge in [-0.1, -0.05) is 48.5 Å². The molecule has 7 unspecified atom stereocenters. The lowest BCUT2D eigenvalue weighted by Crippen LogP contribution is -2.64. The second-order valence-corrected chi connectivity index (χ2v) is 15.5. The predicted octanol–water partition coefficient (Wildman–Crippen LogP) is 2.21. The summed E-state index contributed by atoms with van der Waals surface area (Å²) in [4.78, 5) is 27.0. The smallest absolute Gasteiger partial charge is 0.438 e. The lowest BCUT2D eigenvalue weighted by atomic mass is 9.59. The van der Waals surface area contributed by atoms with Crippen molar-refractivity contribution in [2.75, 3.05) is 5.75 Å². The molecule has 4 bridgehead atoms. The van der Waals surface area contributed by atoms with E-state index in [4.69, 9.17) is 9.47 Å². The van der Waals surface area contributed by atoms with Gasteiger partial charge in [-0.15, -0.1) is 0 Å². The van der Waals surface area contributed by atoms with E-state index in [0.717, 1.165) is 22.3 Å². The fraction of sp³-hybridized carbons (Fsp3) is 0.500. The van der Waals surface area contributed by atoms with Crippen LogP contribution in [0.1, 0.15) is 40.5 Å². The molecule has 47 heavy (non-hydrogen) atoms. The number of carbonyl (C=O) groups is 2. The summed E-state index contributed by atoms with van der Waals surface area (Å²) in [6, 6.07) is 13.5. The van der Waals surface area contributed by atoms with Gasteiger partial charge in [-0.25, -0.2) is 21.6 Å². The number of sulfonamides is 1. The molecule has 3 aliphatic carbocycles. The highest BCUT2D eigenvalue weighted by molar-refractivity contribution is 7.90. The highest BCUT2D eigenvalue weighted by Gasteiger charge is 2.78. The van der Waals surface area contributed by atoms with Crippen molar-refractivity contribution >= 4 is 32.1 Å². The Morgan fingerprint density at radius 1 is 0.894 bits per heavy atom. The van der Waals surface area contributed by atoms with E-state index in [-0.39, 0.29) is 12.3 Å². The summed E-state index contributed by atoms with van der Waals surface area (Å²) >= 11 is 0. The van der Waals surface area contributed by atoms with Crippen LogP contribution in [0.5, 0.6) is 0 Å². The molecule has 19 heteroatoms. The molecule has 0 saturated carbocycles. The van der Waals surface area contributed by atoms with Crippen LogP contribution in [0.15, 0.2) is 48.5 Å². The molecule has 2 aromatic rings. The molecular weight excluding hydrogens is 688 g/mol. The average Bonchev–Trinajstić information content (AvgIpc) is 3.58. The zero-order valence-electron chi connectivity index (χ0n) is 23.4. The zero-order chi connectivity index (χ0) is 34.1. The molecule has 3 saturated heterocycles. The first-order valence-corrected chi connectivity index (χ1v) is 17.2. The SMILES string of the molecule is O=C(OC1C2NS(=O)(=O)C3C2OC1C3C(=O)OC(CS(=O)(=O)[O-])(C(F)(F)F)C(F)(F)F)C1CC2c3ccccc3C1c1ccccc12. The molecule has 7 atom stereocenters. The van der Waals surface area contributed by atoms with Crippen LogP contribution >= 0.6 is 0 Å². The van der Waals surface area contributed by atoms with E-state index in [1.165, 1.54) is 0 Å². The van der Waals surface area contributed by atoms with E-state index < -0.39 is 103 Å². The van der Waals surface area contributed by atoms with Crippen LogP contribution in [0.3, 0.4) is 0 Å². The van der Waals surface area contributed by atoms with Gasteiger partial charge in [0.05, 0.1) is 33.9 Å². The number of nitrogens with one attached hydrogen (secondary N) is 1. The molecule has 0 aromatic heterocycles. The van der Waals surface area contributed by atoms with Crippen molar-refractivity contribution in [3.63, 3.8) is 0 Å². The zero-order valence-corrected chi connectivity index (χ0v) is 25.0. The Balaban J connectivity index is 1.21. The van der Waals surface area contributed by atoms with Gasteiger partial charge in [0.1, 0.15) is 23.4 Å². The average molecular weight is 711 g/mol. The molecule has 254 valence electrons. The Morgan fingerprint density at radius 2 is 1.43 bits per heavy atom. The molecule has 0 radical (unpaired) electrons. The van der Waals surface area contributed by atoms with Crippen molar-refractivity contribution < 1.29 is 71.5 Å². The summed E-state index contributed by atoms with van der Waals surface area (Å²) in [5, 5.41) is -2.06. The number of hydrogen-bond acceptors (Lipinski definition) is 10. The van der Waals surface area contributed by atoms with Gasteiger partial charge in [-0.05, 0) is 28.7 Å². The standard InChI is InChI=1S/C28H23F6NO10S2/c29-27(30,31)26(28(32,33)34,10-46(38,39)40)45-25(37)18-20-21(19-22(43-20)23(18)47(41,42)35-19)44-24(36)16-9-15-11-5-1-3-7-13(11)17(16)14-8-4-2-6-12(14)15/h1-8,15-23,35H,9-10H2,(H,38,39,40)/p-1. The van der Waals surface area contributed by atoms with E-state index in [1.54, 1.807) is 12.1 Å². The summed E-state index contributed by atoms with van der Waals surface area (Å²) in [6.45, 7) is 0. The Morgan fingerprint density at radius 3 is 1.94 bits per heavy atom. The Hall–Kier alpha value is -3.26. The quantitative estimate of drug-likeness (QED) is 0.267. The third-order valence-electron chi connectivity index (χ3n) is 9.74. The predicted molar refractivity (Wildman–Crippen MR) is 142 cm³/mol. The van der Waals surface area contributed by atoms with Crippen LogP contribution in [-0.4, -0.2) is 86.6 Å². The third-order valence-corrected chi connectivity index (χ3v) is 12.4. The number of hydrogen-bond donors (Lipinski definition) is 1. The summed E-state index contributed by atoms with van der Waals surface area (Å²) < 4.78 is 160. The first-order valence-electron chi connectivity index (χ1n) is 14.1. The van der Waals surface area contributed by atoms with Gasteiger partial charge in [0, 0.05) is 11.8 Å². The lowest BCUT2D eigenvalue weighted by molar-refractivity contribution is -0.362. The maximum Gasteiger partial charge on any atom is 0.438 e. The summed E-state index contributed by atoms with van der Waals surface area (Å²) in [5.41, 5.74) is -2.14. The minimum atomic E-state index is -6.68. The maximum absolute atomic E-state index is 13.9. The lowest BCUT2D eigenvalue weighted by Gasteiger charge is -2.44. The van der Waals surface area contributed by atoms with E-state index in [9.17, 15) is 57.3 Å². The molecule has 2 aromatic carbocycles. The van der Waals surface area contributed by atoms with Gasteiger partial charge < -0.3 is 18.8 Å². The van der Waals surface area contributed by atoms with E-state index in [2.05, 4.69) is 9.46 Å². The maximum atomic E-state index is 13.9. The van der Waals surface area contributed by atoms with Crippen LogP contribution in [0.4, 0.5) is 26.3 Å². The molecule has 6 aliphatic rings. The Bertz CT molecular complexity index is 1840. The van der Waals surface area contributed by atoms with E-state index in [0.29, 0.717) is 0 Å². The molecular formula is C28H22F6NO10S2-. The number of rotatable bonds is 6. The van der Waals surface area contributed by atoms with Gasteiger partial charge >= 0.3 is 29.9 Å². The largest absolute Gasteiger partial charge is 0.748 e. The third kappa shape index (κ3) is 4.71. The topological polar surface area (TPSA) is 165 Å². The molecule has 8 rings (SSSR count). The molecule has 3 fully saturated rings. The van der Waals surface area contributed by atoms with Crippen molar-refractivity contribution in [3.8, 4) is 0 Å². The second-order valence-electron chi connectivity index (χ2n) is 12.2. The monoisotopic (exact) mass is 710 g/mol. The van der Waals surface area contributed by atoms with Crippen LogP contribution in [-0.2, 0) is 43.9 Å². The van der Waals surface area contributed by atoms with Crippen molar-refractivity contribution in [1.82, 2.24) is 4.72 Å². The van der Waals surface area contributed by atoms with Gasteiger partial charge in [-0.2, -0.15) is 26.3 Å². The fourth-order valence-electron chi connectivity index (χ4n) is 7.92. The second kappa shape index (κ2) is 10.1. The van der Waals surface area contributed by atoms with Crippen LogP contribution < -0.4 is 4.72 Å². The number of alkyl halides is 6. The van der Waals surface area contributed by atoms with Crippen LogP contribution in [0.2, 0.25) is 0 Å². The molecule has 0 spiro atoms.